The van der Waals surface area contributed by atoms with Crippen molar-refractivity contribution in [2.24, 2.45) is 5.73 Å². The van der Waals surface area contributed by atoms with Crippen LogP contribution in [0.3, 0.4) is 0 Å². The molecule has 18 heavy (non-hydrogen) atoms. The van der Waals surface area contributed by atoms with E-state index in [2.05, 4.69) is 21.2 Å². The van der Waals surface area contributed by atoms with Gasteiger partial charge in [0.1, 0.15) is 5.54 Å². The number of carboxylic acid groups (broad SMARTS) is 1. The van der Waals surface area contributed by atoms with E-state index >= 15 is 0 Å². The Balaban J connectivity index is 3.23. The number of carbonyl (C=O) groups excluding carboxylic acids is 1. The number of carboxylic acids is 1. The summed E-state index contributed by atoms with van der Waals surface area (Å²) in [5.41, 5.74) is 4.80. The van der Waals surface area contributed by atoms with Gasteiger partial charge in [-0.15, -0.1) is 0 Å². The Morgan fingerprint density at radius 2 is 2.11 bits per heavy atom. The number of amides is 1. The SMILES string of the molecule is CCC(C)(Nc1cccc(Br)c1C(N)=O)C(=O)O. The molecule has 5 nitrogen and oxygen atoms in total. The van der Waals surface area contributed by atoms with Crippen LogP contribution in [-0.2, 0) is 4.79 Å². The molecule has 1 atom stereocenters. The minimum atomic E-state index is -1.15. The molecule has 0 aliphatic carbocycles. The van der Waals surface area contributed by atoms with Gasteiger partial charge in [-0.05, 0) is 41.4 Å². The summed E-state index contributed by atoms with van der Waals surface area (Å²) in [5, 5.41) is 12.1. The first-order valence-corrected chi connectivity index (χ1v) is 6.21. The lowest BCUT2D eigenvalue weighted by atomic mass is 9.98. The molecule has 0 fully saturated rings. The molecule has 98 valence electrons. The van der Waals surface area contributed by atoms with Gasteiger partial charge in [0.15, 0.2) is 0 Å². The highest BCUT2D eigenvalue weighted by Gasteiger charge is 2.32. The third-order valence-corrected chi connectivity index (χ3v) is 3.51. The predicted molar refractivity (Wildman–Crippen MR) is 72.6 cm³/mol. The minimum Gasteiger partial charge on any atom is -0.480 e. The smallest absolute Gasteiger partial charge is 0.329 e. The second kappa shape index (κ2) is 5.39. The van der Waals surface area contributed by atoms with Crippen molar-refractivity contribution in [1.82, 2.24) is 0 Å². The lowest BCUT2D eigenvalue weighted by molar-refractivity contribution is -0.141. The number of nitrogens with two attached hydrogens (primary N) is 1. The number of carbonyl (C=O) groups is 2. The van der Waals surface area contributed by atoms with Gasteiger partial charge < -0.3 is 16.2 Å². The van der Waals surface area contributed by atoms with Crippen LogP contribution in [0.1, 0.15) is 30.6 Å². The van der Waals surface area contributed by atoms with Crippen LogP contribution in [0.2, 0.25) is 0 Å². The summed E-state index contributed by atoms with van der Waals surface area (Å²) < 4.78 is 0.531. The standard InChI is InChI=1S/C12H15BrN2O3/c1-3-12(2,11(17)18)15-8-6-4-5-7(13)9(8)10(14)16/h4-6,15H,3H2,1-2H3,(H2,14,16)(H,17,18). The Bertz CT molecular complexity index is 490. The average molecular weight is 315 g/mol. The molecule has 1 aromatic carbocycles. The van der Waals surface area contributed by atoms with Gasteiger partial charge in [0.05, 0.1) is 5.56 Å². The second-order valence-corrected chi connectivity index (χ2v) is 5.00. The van der Waals surface area contributed by atoms with Gasteiger partial charge in [0, 0.05) is 10.2 Å². The molecule has 6 heteroatoms. The minimum absolute atomic E-state index is 0.249. The summed E-state index contributed by atoms with van der Waals surface area (Å²) in [6, 6.07) is 5.01. The van der Waals surface area contributed by atoms with Crippen molar-refractivity contribution in [1.29, 1.82) is 0 Å². The predicted octanol–water partition coefficient (Wildman–Crippen LogP) is 2.21. The van der Waals surface area contributed by atoms with Crippen molar-refractivity contribution in [2.75, 3.05) is 5.32 Å². The molecule has 0 aromatic heterocycles. The summed E-state index contributed by atoms with van der Waals surface area (Å²) in [5.74, 6) is -1.60. The Kier molecular flexibility index (Phi) is 4.34. The van der Waals surface area contributed by atoms with Crippen LogP contribution >= 0.6 is 15.9 Å². The van der Waals surface area contributed by atoms with Gasteiger partial charge in [-0.2, -0.15) is 0 Å². The van der Waals surface area contributed by atoms with E-state index in [1.807, 2.05) is 0 Å². The number of aliphatic carboxylic acids is 1. The molecule has 1 unspecified atom stereocenters. The highest BCUT2D eigenvalue weighted by atomic mass is 79.9. The molecule has 0 heterocycles. The number of nitrogens with one attached hydrogen (secondary N) is 1. The lowest BCUT2D eigenvalue weighted by Crippen LogP contribution is -2.43. The van der Waals surface area contributed by atoms with Crippen molar-refractivity contribution in [3.8, 4) is 0 Å². The number of anilines is 1. The van der Waals surface area contributed by atoms with Gasteiger partial charge >= 0.3 is 5.97 Å². The second-order valence-electron chi connectivity index (χ2n) is 4.14. The number of benzene rings is 1. The summed E-state index contributed by atoms with van der Waals surface area (Å²) in [7, 11) is 0. The van der Waals surface area contributed by atoms with Crippen molar-refractivity contribution < 1.29 is 14.7 Å². The average Bonchev–Trinajstić information content (AvgIpc) is 2.28. The molecule has 0 aliphatic heterocycles. The number of primary amides is 1. The fourth-order valence-corrected chi connectivity index (χ4v) is 2.03. The molecule has 0 aliphatic rings. The van der Waals surface area contributed by atoms with Crippen molar-refractivity contribution in [2.45, 2.75) is 25.8 Å². The number of hydrogen-bond donors (Lipinski definition) is 3. The first kappa shape index (κ1) is 14.5. The van der Waals surface area contributed by atoms with Gasteiger partial charge in [-0.25, -0.2) is 4.79 Å². The summed E-state index contributed by atoms with van der Waals surface area (Å²) in [6.07, 6.45) is 0.368. The molecule has 0 saturated carbocycles. The van der Waals surface area contributed by atoms with Crippen molar-refractivity contribution in [3.63, 3.8) is 0 Å². The van der Waals surface area contributed by atoms with E-state index in [4.69, 9.17) is 5.73 Å². The van der Waals surface area contributed by atoms with E-state index in [0.717, 1.165) is 0 Å². The Labute approximate surface area is 113 Å². The maximum atomic E-state index is 11.4. The maximum absolute atomic E-state index is 11.4. The van der Waals surface area contributed by atoms with E-state index in [1.165, 1.54) is 0 Å². The van der Waals surface area contributed by atoms with Gasteiger partial charge in [0.25, 0.3) is 5.91 Å². The number of halogens is 1. The van der Waals surface area contributed by atoms with Crippen LogP contribution in [-0.4, -0.2) is 22.5 Å². The molecule has 1 rings (SSSR count). The van der Waals surface area contributed by atoms with Crippen LogP contribution in [0.25, 0.3) is 0 Å². The summed E-state index contributed by atoms with van der Waals surface area (Å²) in [6.45, 7) is 3.31. The highest BCUT2D eigenvalue weighted by molar-refractivity contribution is 9.10. The molecule has 0 spiro atoms. The van der Waals surface area contributed by atoms with E-state index in [0.29, 0.717) is 16.6 Å². The summed E-state index contributed by atoms with van der Waals surface area (Å²) in [4.78, 5) is 22.6. The van der Waals surface area contributed by atoms with E-state index in [1.54, 1.807) is 32.0 Å². The Morgan fingerprint density at radius 1 is 1.50 bits per heavy atom. The zero-order chi connectivity index (χ0) is 13.9. The zero-order valence-corrected chi connectivity index (χ0v) is 11.7. The molecular formula is C12H15BrN2O3. The largest absolute Gasteiger partial charge is 0.480 e. The first-order chi connectivity index (χ1) is 8.31. The number of rotatable bonds is 5. The molecule has 0 radical (unpaired) electrons. The maximum Gasteiger partial charge on any atom is 0.329 e. The highest BCUT2D eigenvalue weighted by Crippen LogP contribution is 2.27. The monoisotopic (exact) mass is 314 g/mol. The quantitative estimate of drug-likeness (QED) is 0.777. The van der Waals surface area contributed by atoms with Gasteiger partial charge in [0.2, 0.25) is 0 Å². The van der Waals surface area contributed by atoms with Crippen LogP contribution in [0.4, 0.5) is 5.69 Å². The molecule has 0 bridgehead atoms. The van der Waals surface area contributed by atoms with E-state index in [-0.39, 0.29) is 5.56 Å². The topological polar surface area (TPSA) is 92.4 Å². The van der Waals surface area contributed by atoms with Crippen molar-refractivity contribution >= 4 is 33.5 Å². The lowest BCUT2D eigenvalue weighted by Gasteiger charge is -2.27. The van der Waals surface area contributed by atoms with E-state index < -0.39 is 17.4 Å². The molecular weight excluding hydrogens is 300 g/mol. The van der Waals surface area contributed by atoms with Crippen molar-refractivity contribution in [3.05, 3.63) is 28.2 Å². The molecule has 0 saturated heterocycles. The van der Waals surface area contributed by atoms with Gasteiger partial charge in [-0.1, -0.05) is 13.0 Å². The van der Waals surface area contributed by atoms with E-state index in [9.17, 15) is 14.7 Å². The van der Waals surface area contributed by atoms with Crippen LogP contribution in [0.5, 0.6) is 0 Å². The normalized spacial score (nSPS) is 13.7. The third-order valence-electron chi connectivity index (χ3n) is 2.85. The number of hydrogen-bond acceptors (Lipinski definition) is 3. The zero-order valence-electron chi connectivity index (χ0n) is 10.2. The third kappa shape index (κ3) is 2.81. The van der Waals surface area contributed by atoms with Crippen LogP contribution in [0.15, 0.2) is 22.7 Å². The fraction of sp³-hybridized carbons (Fsp3) is 0.333. The fourth-order valence-electron chi connectivity index (χ4n) is 1.47. The van der Waals surface area contributed by atoms with Crippen LogP contribution in [0, 0.1) is 0 Å². The Morgan fingerprint density at radius 3 is 2.56 bits per heavy atom. The molecule has 1 aromatic rings. The molecule has 1 amide bonds. The Hall–Kier alpha value is -1.56. The molecule has 4 N–H and O–H groups in total. The van der Waals surface area contributed by atoms with Gasteiger partial charge in [-0.3, -0.25) is 4.79 Å². The van der Waals surface area contributed by atoms with Crippen LogP contribution < -0.4 is 11.1 Å². The first-order valence-electron chi connectivity index (χ1n) is 5.41. The summed E-state index contributed by atoms with van der Waals surface area (Å²) >= 11 is 3.23.